The molecule has 0 bridgehead atoms. The molecule has 3 nitrogen and oxygen atoms in total. The Bertz CT molecular complexity index is 617. The molecule has 0 aliphatic rings. The molecule has 1 unspecified atom stereocenters. The number of hydrogen-bond donors (Lipinski definition) is 0. The van der Waals surface area contributed by atoms with Gasteiger partial charge in [-0.1, -0.05) is 135 Å². The van der Waals surface area contributed by atoms with Crippen LogP contribution in [0.15, 0.2) is 24.3 Å². The molecule has 192 valence electrons. The van der Waals surface area contributed by atoms with Crippen molar-refractivity contribution in [3.63, 3.8) is 0 Å². The fourth-order valence-corrected chi connectivity index (χ4v) is 6.04. The minimum atomic E-state index is -3.07. The van der Waals surface area contributed by atoms with Gasteiger partial charge in [-0.25, -0.2) is 4.57 Å². The second-order valence-electron chi connectivity index (χ2n) is 9.68. The summed E-state index contributed by atoms with van der Waals surface area (Å²) in [5, 5.41) is 0. The van der Waals surface area contributed by atoms with E-state index in [-0.39, 0.29) is 0 Å². The molecule has 0 fully saturated rings. The number of unbranched alkanes of at least 4 members (excludes halogenated alkanes) is 16. The van der Waals surface area contributed by atoms with Crippen LogP contribution in [-0.2, 0) is 9.09 Å². The Morgan fingerprint density at radius 2 is 1.09 bits per heavy atom. The summed E-state index contributed by atoms with van der Waals surface area (Å²) >= 11 is 0. The second-order valence-corrected chi connectivity index (χ2v) is 11.8. The Morgan fingerprint density at radius 3 is 1.58 bits per heavy atom. The van der Waals surface area contributed by atoms with E-state index in [1.807, 2.05) is 31.2 Å². The largest absolute Gasteiger partial charge is 0.424 e. The fraction of sp³-hybridized carbons (Fsp3) is 0.793. The first-order valence-corrected chi connectivity index (χ1v) is 15.8. The van der Waals surface area contributed by atoms with Crippen molar-refractivity contribution in [2.24, 2.45) is 0 Å². The normalized spacial score (nSPS) is 13.2. The Labute approximate surface area is 206 Å². The molecule has 0 aliphatic carbocycles. The molecule has 0 aromatic heterocycles. The first-order valence-electron chi connectivity index (χ1n) is 14.1. The number of hydrogen-bond acceptors (Lipinski definition) is 3. The van der Waals surface area contributed by atoms with Gasteiger partial charge in [0.15, 0.2) is 0 Å². The van der Waals surface area contributed by atoms with E-state index in [4.69, 9.17) is 9.05 Å². The minimum absolute atomic E-state index is 0.497. The van der Waals surface area contributed by atoms with Gasteiger partial charge in [-0.2, -0.15) is 0 Å². The van der Waals surface area contributed by atoms with Gasteiger partial charge in [0, 0.05) is 0 Å². The van der Waals surface area contributed by atoms with Gasteiger partial charge in [0.25, 0.3) is 0 Å². The maximum atomic E-state index is 13.2. The number of para-hydroxylation sites is 1. The van der Waals surface area contributed by atoms with Gasteiger partial charge in [0.2, 0.25) is 0 Å². The zero-order valence-electron chi connectivity index (χ0n) is 22.1. The van der Waals surface area contributed by atoms with Gasteiger partial charge in [-0.15, -0.1) is 0 Å². The van der Waals surface area contributed by atoms with Crippen molar-refractivity contribution in [1.29, 1.82) is 0 Å². The Morgan fingerprint density at radius 1 is 0.636 bits per heavy atom. The van der Waals surface area contributed by atoms with Crippen LogP contribution >= 0.6 is 7.60 Å². The summed E-state index contributed by atoms with van der Waals surface area (Å²) in [6.07, 6.45) is 23.9. The highest BCUT2D eigenvalue weighted by molar-refractivity contribution is 7.54. The molecule has 1 atom stereocenters. The quantitative estimate of drug-likeness (QED) is 0.115. The Kier molecular flexibility index (Phi) is 18.9. The lowest BCUT2D eigenvalue weighted by atomic mass is 10.0. The van der Waals surface area contributed by atoms with Crippen molar-refractivity contribution < 1.29 is 13.6 Å². The third-order valence-corrected chi connectivity index (χ3v) is 8.32. The first kappa shape index (κ1) is 30.2. The number of rotatable bonds is 23. The molecule has 1 aromatic rings. The average molecular weight is 481 g/mol. The minimum Gasteiger partial charge on any atom is -0.424 e. The van der Waals surface area contributed by atoms with E-state index in [1.165, 1.54) is 89.9 Å². The SMILES string of the molecule is CCCCCCCCCCCCCCCCCCOP(=O)(CCCC)Oc1ccccc1C. The molecule has 0 heterocycles. The lowest BCUT2D eigenvalue weighted by Gasteiger charge is -2.20. The van der Waals surface area contributed by atoms with Crippen LogP contribution in [0.5, 0.6) is 5.75 Å². The van der Waals surface area contributed by atoms with Gasteiger partial charge in [-0.05, 0) is 31.4 Å². The lowest BCUT2D eigenvalue weighted by Crippen LogP contribution is -2.05. The number of aryl methyl sites for hydroxylation is 1. The van der Waals surface area contributed by atoms with Crippen molar-refractivity contribution in [1.82, 2.24) is 0 Å². The summed E-state index contributed by atoms with van der Waals surface area (Å²) in [6.45, 7) is 6.90. The summed E-state index contributed by atoms with van der Waals surface area (Å²) in [6, 6.07) is 7.75. The summed E-state index contributed by atoms with van der Waals surface area (Å²) in [4.78, 5) is 0. The van der Waals surface area contributed by atoms with E-state index in [0.29, 0.717) is 18.5 Å². The van der Waals surface area contributed by atoms with E-state index >= 15 is 0 Å². The van der Waals surface area contributed by atoms with Crippen LogP contribution in [-0.4, -0.2) is 12.8 Å². The highest BCUT2D eigenvalue weighted by Crippen LogP contribution is 2.49. The van der Waals surface area contributed by atoms with Gasteiger partial charge in [-0.3, -0.25) is 4.52 Å². The van der Waals surface area contributed by atoms with Crippen LogP contribution in [0.3, 0.4) is 0 Å². The molecule has 4 heteroatoms. The standard InChI is InChI=1S/C29H53O3P/c1-4-6-8-9-10-11-12-13-14-15-16-17-18-19-20-23-26-31-33(30,27-7-5-2)32-29-25-22-21-24-28(29)3/h21-22,24-25H,4-20,23,26-27H2,1-3H3. The van der Waals surface area contributed by atoms with Crippen molar-refractivity contribution in [3.05, 3.63) is 29.8 Å². The summed E-state index contributed by atoms with van der Waals surface area (Å²) < 4.78 is 24.9. The highest BCUT2D eigenvalue weighted by Gasteiger charge is 2.26. The number of benzene rings is 1. The van der Waals surface area contributed by atoms with Crippen LogP contribution < -0.4 is 4.52 Å². The summed E-state index contributed by atoms with van der Waals surface area (Å²) in [5.74, 6) is 0.684. The smallest absolute Gasteiger partial charge is 0.379 e. The van der Waals surface area contributed by atoms with Crippen LogP contribution in [0.2, 0.25) is 0 Å². The van der Waals surface area contributed by atoms with Gasteiger partial charge < -0.3 is 4.52 Å². The molecular weight excluding hydrogens is 427 g/mol. The van der Waals surface area contributed by atoms with E-state index in [1.54, 1.807) is 0 Å². The maximum absolute atomic E-state index is 13.2. The second kappa shape index (κ2) is 20.6. The predicted octanol–water partition coefficient (Wildman–Crippen LogP) is 10.6. The van der Waals surface area contributed by atoms with Gasteiger partial charge in [0.1, 0.15) is 5.75 Å². The fourth-order valence-electron chi connectivity index (χ4n) is 4.15. The van der Waals surface area contributed by atoms with E-state index in [2.05, 4.69) is 13.8 Å². The highest BCUT2D eigenvalue weighted by atomic mass is 31.2. The predicted molar refractivity (Wildman–Crippen MR) is 145 cm³/mol. The molecule has 0 N–H and O–H groups in total. The molecule has 0 aliphatic heterocycles. The third kappa shape index (κ3) is 16.5. The zero-order chi connectivity index (χ0) is 24.0. The molecule has 1 aromatic carbocycles. The van der Waals surface area contributed by atoms with Crippen molar-refractivity contribution in [3.8, 4) is 5.75 Å². The van der Waals surface area contributed by atoms with E-state index in [9.17, 15) is 4.57 Å². The molecule has 0 amide bonds. The van der Waals surface area contributed by atoms with E-state index < -0.39 is 7.60 Å². The molecule has 33 heavy (non-hydrogen) atoms. The summed E-state index contributed by atoms with van der Waals surface area (Å²) in [7, 11) is -3.07. The summed E-state index contributed by atoms with van der Waals surface area (Å²) in [5.41, 5.74) is 1.00. The molecule has 0 saturated carbocycles. The molecule has 0 spiro atoms. The molecule has 1 rings (SSSR count). The molecule has 0 radical (unpaired) electrons. The monoisotopic (exact) mass is 480 g/mol. The maximum Gasteiger partial charge on any atom is 0.379 e. The Hall–Kier alpha value is -0.790. The topological polar surface area (TPSA) is 35.5 Å². The lowest BCUT2D eigenvalue weighted by molar-refractivity contribution is 0.256. The third-order valence-electron chi connectivity index (χ3n) is 6.40. The van der Waals surface area contributed by atoms with Crippen LogP contribution in [0.4, 0.5) is 0 Å². The van der Waals surface area contributed by atoms with Gasteiger partial charge >= 0.3 is 7.60 Å². The van der Waals surface area contributed by atoms with Crippen LogP contribution in [0.1, 0.15) is 135 Å². The first-order chi connectivity index (χ1) is 16.1. The van der Waals surface area contributed by atoms with Crippen molar-refractivity contribution in [2.45, 2.75) is 136 Å². The zero-order valence-corrected chi connectivity index (χ0v) is 23.0. The average Bonchev–Trinajstić information content (AvgIpc) is 2.81. The van der Waals surface area contributed by atoms with Crippen molar-refractivity contribution >= 4 is 7.60 Å². The Balaban J connectivity index is 2.02. The van der Waals surface area contributed by atoms with Crippen molar-refractivity contribution in [2.75, 3.05) is 12.8 Å². The van der Waals surface area contributed by atoms with Crippen LogP contribution in [0, 0.1) is 6.92 Å². The molecular formula is C29H53O3P. The van der Waals surface area contributed by atoms with E-state index in [0.717, 1.165) is 31.2 Å². The molecule has 0 saturated heterocycles. The van der Waals surface area contributed by atoms with Crippen LogP contribution in [0.25, 0.3) is 0 Å². The van der Waals surface area contributed by atoms with Gasteiger partial charge in [0.05, 0.1) is 12.8 Å².